The summed E-state index contributed by atoms with van der Waals surface area (Å²) < 4.78 is 5.20. The fourth-order valence-electron chi connectivity index (χ4n) is 1.64. The van der Waals surface area contributed by atoms with E-state index in [1.807, 2.05) is 0 Å². The van der Waals surface area contributed by atoms with Gasteiger partial charge in [-0.15, -0.1) is 0 Å². The first kappa shape index (κ1) is 9.00. The van der Waals surface area contributed by atoms with E-state index in [4.69, 9.17) is 9.57 Å². The Balaban J connectivity index is 1.83. The summed E-state index contributed by atoms with van der Waals surface area (Å²) in [6.45, 7) is 5.95. The molecule has 0 spiro atoms. The predicted octanol–water partition coefficient (Wildman–Crippen LogP) is 1.97. The van der Waals surface area contributed by atoms with Gasteiger partial charge >= 0.3 is 0 Å². The van der Waals surface area contributed by atoms with E-state index in [-0.39, 0.29) is 11.5 Å². The maximum atomic E-state index is 5.41. The van der Waals surface area contributed by atoms with Crippen molar-refractivity contribution < 1.29 is 9.57 Å². The molecule has 13 heavy (non-hydrogen) atoms. The lowest BCUT2D eigenvalue weighted by molar-refractivity contribution is 0.0435. The molecule has 0 N–H and O–H groups in total. The maximum Gasteiger partial charge on any atom is 0.152 e. The molecule has 3 heteroatoms. The summed E-state index contributed by atoms with van der Waals surface area (Å²) >= 11 is 0. The molecular formula is C10H17NO2. The largest absolute Gasteiger partial charge is 0.390 e. The van der Waals surface area contributed by atoms with Gasteiger partial charge in [-0.05, 0) is 12.8 Å². The van der Waals surface area contributed by atoms with E-state index in [0.717, 1.165) is 19.4 Å². The van der Waals surface area contributed by atoms with Crippen molar-refractivity contribution in [2.45, 2.75) is 39.2 Å². The highest BCUT2D eigenvalue weighted by Gasteiger charge is 2.35. The van der Waals surface area contributed by atoms with Crippen LogP contribution in [0.15, 0.2) is 5.16 Å². The van der Waals surface area contributed by atoms with Gasteiger partial charge in [0.25, 0.3) is 0 Å². The second kappa shape index (κ2) is 3.29. The van der Waals surface area contributed by atoms with E-state index in [9.17, 15) is 0 Å². The molecule has 3 nitrogen and oxygen atoms in total. The topological polar surface area (TPSA) is 30.8 Å². The molecule has 1 saturated heterocycles. The van der Waals surface area contributed by atoms with Crippen molar-refractivity contribution in [3.8, 4) is 0 Å². The van der Waals surface area contributed by atoms with Gasteiger partial charge in [-0.1, -0.05) is 19.0 Å². The van der Waals surface area contributed by atoms with Crippen LogP contribution in [0.25, 0.3) is 0 Å². The molecule has 1 heterocycles. The summed E-state index contributed by atoms with van der Waals surface area (Å²) in [6, 6.07) is 0. The molecule has 1 saturated carbocycles. The Kier molecular flexibility index (Phi) is 2.28. The minimum absolute atomic E-state index is 0.198. The van der Waals surface area contributed by atoms with Crippen LogP contribution in [-0.2, 0) is 9.57 Å². The average Bonchev–Trinajstić information content (AvgIpc) is 2.55. The normalized spacial score (nSPS) is 34.6. The van der Waals surface area contributed by atoms with Crippen LogP contribution in [0, 0.1) is 5.41 Å². The molecule has 1 aliphatic carbocycles. The molecule has 1 unspecified atom stereocenters. The molecule has 2 aliphatic rings. The van der Waals surface area contributed by atoms with Crippen molar-refractivity contribution in [3.63, 3.8) is 0 Å². The van der Waals surface area contributed by atoms with Gasteiger partial charge in [0.15, 0.2) is 6.10 Å². The number of hydrogen-bond acceptors (Lipinski definition) is 3. The van der Waals surface area contributed by atoms with Crippen molar-refractivity contribution in [3.05, 3.63) is 0 Å². The van der Waals surface area contributed by atoms with Gasteiger partial charge in [-0.2, -0.15) is 0 Å². The molecule has 2 rings (SSSR count). The molecule has 0 bridgehead atoms. The Labute approximate surface area is 79.1 Å². The Morgan fingerprint density at radius 3 is 2.85 bits per heavy atom. The summed E-state index contributed by atoms with van der Waals surface area (Å²) in [4.78, 5) is 5.41. The molecule has 0 aromatic heterocycles. The fourth-order valence-corrected chi connectivity index (χ4v) is 1.64. The Hall–Kier alpha value is -0.570. The van der Waals surface area contributed by atoms with E-state index < -0.39 is 0 Å². The highest BCUT2D eigenvalue weighted by atomic mass is 16.7. The van der Waals surface area contributed by atoms with Gasteiger partial charge in [0.1, 0.15) is 0 Å². The summed E-state index contributed by atoms with van der Waals surface area (Å²) in [5.41, 5.74) is 1.49. The third-order valence-electron chi connectivity index (χ3n) is 2.97. The van der Waals surface area contributed by atoms with Gasteiger partial charge < -0.3 is 9.57 Å². The monoisotopic (exact) mass is 183 g/mol. The summed E-state index contributed by atoms with van der Waals surface area (Å²) in [5, 5.41) is 4.20. The fraction of sp³-hybridized carbons (Fsp3) is 0.900. The second-order valence-electron chi connectivity index (χ2n) is 4.51. The minimum Gasteiger partial charge on any atom is -0.390 e. The first-order valence-corrected chi connectivity index (χ1v) is 4.99. The van der Waals surface area contributed by atoms with Gasteiger partial charge in [0.05, 0.1) is 18.9 Å². The number of hydrogen-bond donors (Lipinski definition) is 0. The molecule has 0 amide bonds. The first-order chi connectivity index (χ1) is 6.18. The zero-order valence-corrected chi connectivity index (χ0v) is 8.38. The highest BCUT2D eigenvalue weighted by molar-refractivity contribution is 5.94. The molecule has 1 aliphatic heterocycles. The van der Waals surface area contributed by atoms with Crippen LogP contribution in [0.4, 0.5) is 0 Å². The molecule has 2 fully saturated rings. The van der Waals surface area contributed by atoms with E-state index in [2.05, 4.69) is 19.0 Å². The van der Waals surface area contributed by atoms with Crippen LogP contribution in [0.3, 0.4) is 0 Å². The second-order valence-corrected chi connectivity index (χ2v) is 4.51. The molecule has 0 aromatic carbocycles. The zero-order valence-electron chi connectivity index (χ0n) is 8.38. The molecule has 1 atom stereocenters. The van der Waals surface area contributed by atoms with E-state index in [0.29, 0.717) is 6.61 Å². The molecule has 0 aromatic rings. The van der Waals surface area contributed by atoms with Gasteiger partial charge in [0.2, 0.25) is 0 Å². The zero-order chi connectivity index (χ0) is 9.31. The van der Waals surface area contributed by atoms with Crippen molar-refractivity contribution >= 4 is 5.71 Å². The van der Waals surface area contributed by atoms with Gasteiger partial charge in [0, 0.05) is 11.8 Å². The molecular weight excluding hydrogens is 166 g/mol. The van der Waals surface area contributed by atoms with Crippen molar-refractivity contribution in [2.24, 2.45) is 10.6 Å². The van der Waals surface area contributed by atoms with Crippen LogP contribution in [0.1, 0.15) is 33.1 Å². The number of oxime groups is 1. The summed E-state index contributed by atoms with van der Waals surface area (Å²) in [6.07, 6.45) is 3.51. The number of ether oxygens (including phenoxy) is 1. The van der Waals surface area contributed by atoms with Crippen LogP contribution >= 0.6 is 0 Å². The number of nitrogens with zero attached hydrogens (tertiary/aromatic N) is 1. The lowest BCUT2D eigenvalue weighted by atomic mass is 9.70. The lowest BCUT2D eigenvalue weighted by Crippen LogP contribution is -2.35. The van der Waals surface area contributed by atoms with Gasteiger partial charge in [-0.3, -0.25) is 0 Å². The van der Waals surface area contributed by atoms with Crippen molar-refractivity contribution in [2.75, 3.05) is 13.2 Å². The first-order valence-electron chi connectivity index (χ1n) is 4.99. The predicted molar refractivity (Wildman–Crippen MR) is 50.8 cm³/mol. The Morgan fingerprint density at radius 2 is 2.38 bits per heavy atom. The third-order valence-corrected chi connectivity index (χ3v) is 2.97. The van der Waals surface area contributed by atoms with Crippen LogP contribution in [-0.4, -0.2) is 25.0 Å². The van der Waals surface area contributed by atoms with E-state index in [1.54, 1.807) is 0 Å². The standard InChI is InChI=1S/C10H17NO2/c1-10(2)5-3-9(10)11-13-8-4-6-12-7-8/h8H,3-7H2,1-2H3/b11-9+. The van der Waals surface area contributed by atoms with Crippen LogP contribution in [0.5, 0.6) is 0 Å². The quantitative estimate of drug-likeness (QED) is 0.613. The van der Waals surface area contributed by atoms with Crippen molar-refractivity contribution in [1.82, 2.24) is 0 Å². The number of rotatable bonds is 2. The van der Waals surface area contributed by atoms with Gasteiger partial charge in [-0.25, -0.2) is 0 Å². The third kappa shape index (κ3) is 1.85. The summed E-state index contributed by atoms with van der Waals surface area (Å²) in [5.74, 6) is 0. The van der Waals surface area contributed by atoms with Crippen LogP contribution in [0.2, 0.25) is 0 Å². The lowest BCUT2D eigenvalue weighted by Gasteiger charge is -2.35. The Morgan fingerprint density at radius 1 is 1.54 bits per heavy atom. The highest BCUT2D eigenvalue weighted by Crippen LogP contribution is 2.37. The van der Waals surface area contributed by atoms with Crippen molar-refractivity contribution in [1.29, 1.82) is 0 Å². The van der Waals surface area contributed by atoms with E-state index >= 15 is 0 Å². The molecule has 74 valence electrons. The SMILES string of the molecule is CC1(C)CC/C1=N\OC1CCOC1. The van der Waals surface area contributed by atoms with Crippen LogP contribution < -0.4 is 0 Å². The average molecular weight is 183 g/mol. The molecule has 0 radical (unpaired) electrons. The van der Waals surface area contributed by atoms with E-state index in [1.165, 1.54) is 12.1 Å². The minimum atomic E-state index is 0.198. The smallest absolute Gasteiger partial charge is 0.152 e. The maximum absolute atomic E-state index is 5.41. The Bertz CT molecular complexity index is 217. The summed E-state index contributed by atoms with van der Waals surface area (Å²) in [7, 11) is 0.